The van der Waals surface area contributed by atoms with Crippen LogP contribution in [0.2, 0.25) is 0 Å². The van der Waals surface area contributed by atoms with E-state index in [0.717, 1.165) is 32.4 Å². The van der Waals surface area contributed by atoms with Crippen LogP contribution in [0.3, 0.4) is 0 Å². The highest BCUT2D eigenvalue weighted by Crippen LogP contribution is 2.04. The molecule has 0 aliphatic rings. The van der Waals surface area contributed by atoms with Crippen molar-refractivity contribution in [3.8, 4) is 0 Å². The highest BCUT2D eigenvalue weighted by Gasteiger charge is 2.01. The molecule has 18 heavy (non-hydrogen) atoms. The smallest absolute Gasteiger partial charge is 0.233 e. The van der Waals surface area contributed by atoms with Crippen LogP contribution in [0.5, 0.6) is 0 Å². The Bertz CT molecular complexity index is 342. The number of nitrogens with zero attached hydrogens (tertiary/aromatic N) is 2. The fraction of sp³-hybridized carbons (Fsp3) is 0.538. The van der Waals surface area contributed by atoms with Gasteiger partial charge in [-0.2, -0.15) is 0 Å². The molecule has 1 aromatic rings. The van der Waals surface area contributed by atoms with Crippen molar-refractivity contribution in [2.24, 2.45) is 5.84 Å². The lowest BCUT2D eigenvalue weighted by Gasteiger charge is -2.16. The minimum atomic E-state index is -0.0832. The summed E-state index contributed by atoms with van der Waals surface area (Å²) < 4.78 is 0. The van der Waals surface area contributed by atoms with E-state index in [1.807, 2.05) is 24.5 Å². The lowest BCUT2D eigenvalue weighted by molar-refractivity contribution is -0.121. The Hall–Kier alpha value is -1.46. The van der Waals surface area contributed by atoms with Crippen LogP contribution in [0.4, 0.5) is 0 Å². The van der Waals surface area contributed by atoms with Crippen LogP contribution in [0.25, 0.3) is 0 Å². The van der Waals surface area contributed by atoms with Gasteiger partial charge >= 0.3 is 0 Å². The van der Waals surface area contributed by atoms with Gasteiger partial charge in [-0.3, -0.25) is 15.2 Å². The first-order chi connectivity index (χ1) is 8.72. The molecule has 5 heteroatoms. The van der Waals surface area contributed by atoms with Gasteiger partial charge in [0.05, 0.1) is 0 Å². The lowest BCUT2D eigenvalue weighted by atomic mass is 10.2. The molecule has 0 saturated heterocycles. The fourth-order valence-corrected chi connectivity index (χ4v) is 1.80. The van der Waals surface area contributed by atoms with E-state index < -0.39 is 0 Å². The molecule has 0 radical (unpaired) electrons. The molecule has 0 fully saturated rings. The predicted molar refractivity (Wildman–Crippen MR) is 71.4 cm³/mol. The number of nitrogens with one attached hydrogen (secondary N) is 1. The molecule has 1 aromatic heterocycles. The average Bonchev–Trinajstić information content (AvgIpc) is 2.39. The maximum absolute atomic E-state index is 10.9. The van der Waals surface area contributed by atoms with E-state index in [-0.39, 0.29) is 5.91 Å². The van der Waals surface area contributed by atoms with Gasteiger partial charge in [0.1, 0.15) is 0 Å². The molecule has 0 bridgehead atoms. The molecule has 0 aromatic carbocycles. The topological polar surface area (TPSA) is 71.2 Å². The minimum absolute atomic E-state index is 0.0832. The van der Waals surface area contributed by atoms with E-state index in [1.54, 1.807) is 0 Å². The number of amides is 1. The van der Waals surface area contributed by atoms with Crippen molar-refractivity contribution in [1.82, 2.24) is 15.3 Å². The van der Waals surface area contributed by atoms with Gasteiger partial charge in [-0.25, -0.2) is 5.84 Å². The van der Waals surface area contributed by atoms with Crippen molar-refractivity contribution in [2.75, 3.05) is 13.6 Å². The van der Waals surface area contributed by atoms with Crippen molar-refractivity contribution in [1.29, 1.82) is 0 Å². The molecule has 0 unspecified atom stereocenters. The zero-order valence-corrected chi connectivity index (χ0v) is 10.9. The van der Waals surface area contributed by atoms with Crippen molar-refractivity contribution < 1.29 is 4.79 Å². The second kappa shape index (κ2) is 8.60. The van der Waals surface area contributed by atoms with Gasteiger partial charge in [0.25, 0.3) is 0 Å². The van der Waals surface area contributed by atoms with Gasteiger partial charge in [-0.1, -0.05) is 6.42 Å². The lowest BCUT2D eigenvalue weighted by Crippen LogP contribution is -2.29. The quantitative estimate of drug-likeness (QED) is 0.313. The van der Waals surface area contributed by atoms with Crippen molar-refractivity contribution in [3.05, 3.63) is 30.1 Å². The maximum Gasteiger partial charge on any atom is 0.233 e. The normalized spacial score (nSPS) is 10.6. The van der Waals surface area contributed by atoms with E-state index in [9.17, 15) is 4.79 Å². The Kier molecular flexibility index (Phi) is 6.98. The highest BCUT2D eigenvalue weighted by molar-refractivity contribution is 5.74. The maximum atomic E-state index is 10.9. The predicted octanol–water partition coefficient (Wildman–Crippen LogP) is 1.06. The van der Waals surface area contributed by atoms with Crippen LogP contribution in [-0.4, -0.2) is 29.4 Å². The molecule has 1 amide bonds. The number of unbranched alkanes of at least 4 members (excludes halogenated alkanes) is 2. The molecule has 0 aliphatic carbocycles. The van der Waals surface area contributed by atoms with Gasteiger partial charge in [-0.05, 0) is 44.1 Å². The van der Waals surface area contributed by atoms with Gasteiger partial charge < -0.3 is 4.90 Å². The third-order valence-electron chi connectivity index (χ3n) is 2.81. The number of carbonyl (C=O) groups is 1. The summed E-state index contributed by atoms with van der Waals surface area (Å²) in [6.07, 6.45) is 7.19. The van der Waals surface area contributed by atoms with Crippen LogP contribution in [0.1, 0.15) is 31.2 Å². The molecule has 0 spiro atoms. The van der Waals surface area contributed by atoms with E-state index in [1.165, 1.54) is 5.56 Å². The van der Waals surface area contributed by atoms with Crippen LogP contribution >= 0.6 is 0 Å². The zero-order valence-electron chi connectivity index (χ0n) is 10.9. The van der Waals surface area contributed by atoms with Gasteiger partial charge in [0.15, 0.2) is 0 Å². The summed E-state index contributed by atoms with van der Waals surface area (Å²) in [5.41, 5.74) is 3.42. The minimum Gasteiger partial charge on any atom is -0.302 e. The molecule has 0 atom stereocenters. The Balaban J connectivity index is 2.07. The van der Waals surface area contributed by atoms with Crippen molar-refractivity contribution in [2.45, 2.75) is 32.2 Å². The first-order valence-corrected chi connectivity index (χ1v) is 6.29. The van der Waals surface area contributed by atoms with Gasteiger partial charge in [-0.15, -0.1) is 0 Å². The number of hydrogen-bond donors (Lipinski definition) is 2. The third kappa shape index (κ3) is 6.32. The van der Waals surface area contributed by atoms with E-state index >= 15 is 0 Å². The average molecular weight is 250 g/mol. The summed E-state index contributed by atoms with van der Waals surface area (Å²) in [5.74, 6) is 4.92. The molecular formula is C13H22N4O. The molecule has 0 saturated carbocycles. The highest BCUT2D eigenvalue weighted by atomic mass is 16.2. The van der Waals surface area contributed by atoms with E-state index in [2.05, 4.69) is 22.4 Å². The third-order valence-corrected chi connectivity index (χ3v) is 2.81. The van der Waals surface area contributed by atoms with Gasteiger partial charge in [0.2, 0.25) is 5.91 Å². The summed E-state index contributed by atoms with van der Waals surface area (Å²) in [6.45, 7) is 1.97. The summed E-state index contributed by atoms with van der Waals surface area (Å²) in [6, 6.07) is 4.06. The van der Waals surface area contributed by atoms with E-state index in [0.29, 0.717) is 6.42 Å². The standard InChI is InChI=1S/C13H22N4O/c1-17(11-12-6-8-15-9-7-12)10-4-2-3-5-13(18)16-14/h6-9H,2-5,10-11,14H2,1H3,(H,16,18). The number of aromatic nitrogens is 1. The van der Waals surface area contributed by atoms with E-state index in [4.69, 9.17) is 5.84 Å². The molecule has 0 aliphatic heterocycles. The summed E-state index contributed by atoms with van der Waals surface area (Å²) in [7, 11) is 2.10. The monoisotopic (exact) mass is 250 g/mol. The first kappa shape index (κ1) is 14.6. The Morgan fingerprint density at radius 3 is 2.72 bits per heavy atom. The van der Waals surface area contributed by atoms with Gasteiger partial charge in [0, 0.05) is 25.4 Å². The zero-order chi connectivity index (χ0) is 13.2. The Morgan fingerprint density at radius 2 is 2.06 bits per heavy atom. The largest absolute Gasteiger partial charge is 0.302 e. The molecule has 100 valence electrons. The fourth-order valence-electron chi connectivity index (χ4n) is 1.80. The molecule has 1 heterocycles. The number of hydrogen-bond acceptors (Lipinski definition) is 4. The molecule has 3 N–H and O–H groups in total. The van der Waals surface area contributed by atoms with Crippen LogP contribution in [0.15, 0.2) is 24.5 Å². The van der Waals surface area contributed by atoms with Crippen LogP contribution in [0, 0.1) is 0 Å². The molecular weight excluding hydrogens is 228 g/mol. The Labute approximate surface area is 108 Å². The number of nitrogens with two attached hydrogens (primary N) is 1. The number of carbonyl (C=O) groups excluding carboxylic acids is 1. The second-order valence-corrected chi connectivity index (χ2v) is 4.47. The summed E-state index contributed by atoms with van der Waals surface area (Å²) in [5, 5.41) is 0. The number of pyridine rings is 1. The van der Waals surface area contributed by atoms with Crippen LogP contribution < -0.4 is 11.3 Å². The molecule has 5 nitrogen and oxygen atoms in total. The first-order valence-electron chi connectivity index (χ1n) is 6.29. The van der Waals surface area contributed by atoms with Crippen LogP contribution in [-0.2, 0) is 11.3 Å². The second-order valence-electron chi connectivity index (χ2n) is 4.47. The molecule has 1 rings (SSSR count). The van der Waals surface area contributed by atoms with Crippen molar-refractivity contribution >= 4 is 5.91 Å². The number of rotatable bonds is 8. The van der Waals surface area contributed by atoms with Crippen molar-refractivity contribution in [3.63, 3.8) is 0 Å². The summed E-state index contributed by atoms with van der Waals surface area (Å²) in [4.78, 5) is 17.2. The Morgan fingerprint density at radius 1 is 1.33 bits per heavy atom. The SMILES string of the molecule is CN(CCCCCC(=O)NN)Cc1ccncc1. The summed E-state index contributed by atoms with van der Waals surface area (Å²) >= 11 is 0. The number of hydrazine groups is 1.